The van der Waals surface area contributed by atoms with Crippen molar-refractivity contribution in [1.82, 2.24) is 5.32 Å². The van der Waals surface area contributed by atoms with Gasteiger partial charge in [-0.2, -0.15) is 0 Å². The molecule has 0 unspecified atom stereocenters. The van der Waals surface area contributed by atoms with Gasteiger partial charge in [0.15, 0.2) is 5.17 Å². The quantitative estimate of drug-likeness (QED) is 0.648. The smallest absolute Gasteiger partial charge is 0.264 e. The van der Waals surface area contributed by atoms with Crippen LogP contribution in [0.15, 0.2) is 50.8 Å². The van der Waals surface area contributed by atoms with E-state index in [1.165, 1.54) is 23.4 Å². The van der Waals surface area contributed by atoms with Gasteiger partial charge in [-0.15, -0.1) is 0 Å². The molecule has 5 nitrogen and oxygen atoms in total. The molecule has 1 fully saturated rings. The van der Waals surface area contributed by atoms with E-state index in [0.29, 0.717) is 20.1 Å². The normalized spacial score (nSPS) is 17.3. The van der Waals surface area contributed by atoms with Gasteiger partial charge in [0.2, 0.25) is 0 Å². The van der Waals surface area contributed by atoms with E-state index in [1.807, 2.05) is 24.3 Å². The van der Waals surface area contributed by atoms with Gasteiger partial charge in [0.1, 0.15) is 11.5 Å². The predicted octanol–water partition coefficient (Wildman–Crippen LogP) is 4.31. The van der Waals surface area contributed by atoms with Crippen LogP contribution in [0, 0.1) is 0 Å². The summed E-state index contributed by atoms with van der Waals surface area (Å²) in [6.45, 7) is 2.09. The second-order valence-corrected chi connectivity index (χ2v) is 7.25. The number of carbonyl (C=O) groups excluding carboxylic acids is 1. The zero-order valence-electron chi connectivity index (χ0n) is 13.3. The Balaban J connectivity index is 1.84. The fourth-order valence-electron chi connectivity index (χ4n) is 2.23. The second-order valence-electron chi connectivity index (χ2n) is 5.36. The van der Waals surface area contributed by atoms with Crippen LogP contribution < -0.4 is 5.32 Å². The van der Waals surface area contributed by atoms with Gasteiger partial charge >= 0.3 is 0 Å². The van der Waals surface area contributed by atoms with Crippen molar-refractivity contribution in [3.63, 3.8) is 0 Å². The Kier molecular flexibility index (Phi) is 5.15. The third-order valence-electron chi connectivity index (χ3n) is 3.61. The van der Waals surface area contributed by atoms with Crippen LogP contribution in [0.25, 0.3) is 6.08 Å². The Labute approximate surface area is 157 Å². The SMILES string of the molecule is CCc1ccc(N=C2NC(=O)/C(=C/c3cc(Br)c(O)cc3O)S2)cc1. The van der Waals surface area contributed by atoms with Crippen molar-refractivity contribution in [3.8, 4) is 11.5 Å². The van der Waals surface area contributed by atoms with Crippen molar-refractivity contribution in [3.05, 3.63) is 56.9 Å². The molecule has 2 aromatic carbocycles. The highest BCUT2D eigenvalue weighted by Crippen LogP contribution is 2.35. The van der Waals surface area contributed by atoms with Crippen LogP contribution in [0.4, 0.5) is 5.69 Å². The summed E-state index contributed by atoms with van der Waals surface area (Å²) in [5.74, 6) is -0.458. The Bertz CT molecular complexity index is 892. The lowest BCUT2D eigenvalue weighted by atomic mass is 10.1. The van der Waals surface area contributed by atoms with E-state index < -0.39 is 0 Å². The number of carbonyl (C=O) groups is 1. The molecule has 1 heterocycles. The number of nitrogens with zero attached hydrogens (tertiary/aromatic N) is 1. The van der Waals surface area contributed by atoms with E-state index in [9.17, 15) is 15.0 Å². The first-order valence-electron chi connectivity index (χ1n) is 7.56. The molecule has 2 aromatic rings. The molecule has 128 valence electrons. The number of hydrogen-bond donors (Lipinski definition) is 3. The Morgan fingerprint density at radius 1 is 1.20 bits per heavy atom. The van der Waals surface area contributed by atoms with Crippen LogP contribution in [-0.2, 0) is 11.2 Å². The zero-order valence-corrected chi connectivity index (χ0v) is 15.7. The first-order valence-corrected chi connectivity index (χ1v) is 9.17. The Hall–Kier alpha value is -2.25. The molecule has 0 bridgehead atoms. The van der Waals surface area contributed by atoms with Crippen LogP contribution in [-0.4, -0.2) is 21.3 Å². The van der Waals surface area contributed by atoms with Gasteiger partial charge in [-0.3, -0.25) is 4.79 Å². The van der Waals surface area contributed by atoms with E-state index in [4.69, 9.17) is 0 Å². The van der Waals surface area contributed by atoms with Gasteiger partial charge in [-0.25, -0.2) is 4.99 Å². The highest BCUT2D eigenvalue weighted by atomic mass is 79.9. The molecule has 0 radical (unpaired) electrons. The average molecular weight is 419 g/mol. The number of halogens is 1. The van der Waals surface area contributed by atoms with Crippen LogP contribution in [0.5, 0.6) is 11.5 Å². The van der Waals surface area contributed by atoms with Gasteiger partial charge in [-0.1, -0.05) is 19.1 Å². The van der Waals surface area contributed by atoms with Crippen molar-refractivity contribution < 1.29 is 15.0 Å². The number of hydrogen-bond acceptors (Lipinski definition) is 5. The van der Waals surface area contributed by atoms with Crippen molar-refractivity contribution in [2.45, 2.75) is 13.3 Å². The minimum absolute atomic E-state index is 0.0686. The van der Waals surface area contributed by atoms with Crippen LogP contribution in [0.1, 0.15) is 18.1 Å². The molecule has 1 aliphatic rings. The molecule has 1 amide bonds. The number of phenolic OH excluding ortho intramolecular Hbond substituents is 2. The Morgan fingerprint density at radius 2 is 1.92 bits per heavy atom. The fourth-order valence-corrected chi connectivity index (χ4v) is 3.42. The number of aromatic hydroxyl groups is 2. The molecule has 25 heavy (non-hydrogen) atoms. The molecule has 7 heteroatoms. The highest BCUT2D eigenvalue weighted by Gasteiger charge is 2.24. The molecule has 3 N–H and O–H groups in total. The Morgan fingerprint density at radius 3 is 2.60 bits per heavy atom. The van der Waals surface area contributed by atoms with E-state index in [2.05, 4.69) is 33.2 Å². The first-order chi connectivity index (χ1) is 12.0. The molecule has 0 aliphatic carbocycles. The van der Waals surface area contributed by atoms with Gasteiger partial charge in [0.25, 0.3) is 5.91 Å². The standard InChI is InChI=1S/C18H15BrN2O3S/c1-2-10-3-5-12(6-4-10)20-18-21-17(24)16(25-18)8-11-7-13(19)15(23)9-14(11)22/h3-9,22-23H,2H2,1H3,(H,20,21,24)/b16-8-. The maximum Gasteiger partial charge on any atom is 0.264 e. The molecule has 0 atom stereocenters. The summed E-state index contributed by atoms with van der Waals surface area (Å²) in [6.07, 6.45) is 2.52. The minimum atomic E-state index is -0.280. The first kappa shape index (κ1) is 17.6. The summed E-state index contributed by atoms with van der Waals surface area (Å²) in [6, 6.07) is 10.6. The topological polar surface area (TPSA) is 81.9 Å². The number of aryl methyl sites for hydroxylation is 1. The second kappa shape index (κ2) is 7.33. The molecular weight excluding hydrogens is 404 g/mol. The number of amides is 1. The number of rotatable bonds is 3. The largest absolute Gasteiger partial charge is 0.507 e. The van der Waals surface area contributed by atoms with Gasteiger partial charge in [0.05, 0.1) is 15.1 Å². The van der Waals surface area contributed by atoms with Gasteiger partial charge < -0.3 is 15.5 Å². The minimum Gasteiger partial charge on any atom is -0.507 e. The van der Waals surface area contributed by atoms with Gasteiger partial charge in [0, 0.05) is 11.6 Å². The van der Waals surface area contributed by atoms with E-state index in [-0.39, 0.29) is 17.4 Å². The summed E-state index contributed by atoms with van der Waals surface area (Å²) < 4.78 is 0.436. The lowest BCUT2D eigenvalue weighted by Gasteiger charge is -2.03. The van der Waals surface area contributed by atoms with Crippen LogP contribution in [0.3, 0.4) is 0 Å². The molecule has 0 saturated carbocycles. The number of phenols is 2. The summed E-state index contributed by atoms with van der Waals surface area (Å²) in [5, 5.41) is 22.7. The van der Waals surface area contributed by atoms with Gasteiger partial charge in [-0.05, 0) is 64.0 Å². The zero-order chi connectivity index (χ0) is 18.0. The van der Waals surface area contributed by atoms with Crippen molar-refractivity contribution in [2.24, 2.45) is 4.99 Å². The summed E-state index contributed by atoms with van der Waals surface area (Å²) >= 11 is 4.39. The number of aliphatic imine (C=N–C) groups is 1. The number of thioether (sulfide) groups is 1. The monoisotopic (exact) mass is 418 g/mol. The molecule has 0 aromatic heterocycles. The molecule has 3 rings (SSSR count). The third-order valence-corrected chi connectivity index (χ3v) is 5.15. The van der Waals surface area contributed by atoms with E-state index >= 15 is 0 Å². The molecule has 1 saturated heterocycles. The average Bonchev–Trinajstić information content (AvgIpc) is 2.92. The lowest BCUT2D eigenvalue weighted by molar-refractivity contribution is -0.115. The molecule has 1 aliphatic heterocycles. The number of amidine groups is 1. The van der Waals surface area contributed by atoms with Crippen LogP contribution >= 0.6 is 27.7 Å². The van der Waals surface area contributed by atoms with Crippen molar-refractivity contribution >= 4 is 50.5 Å². The third kappa shape index (κ3) is 4.05. The maximum atomic E-state index is 12.1. The van der Waals surface area contributed by atoms with Crippen molar-refractivity contribution in [1.29, 1.82) is 0 Å². The number of benzene rings is 2. The fraction of sp³-hybridized carbons (Fsp3) is 0.111. The molecule has 0 spiro atoms. The van der Waals surface area contributed by atoms with Crippen LogP contribution in [0.2, 0.25) is 0 Å². The summed E-state index contributed by atoms with van der Waals surface area (Å²) in [4.78, 5) is 17.0. The maximum absolute atomic E-state index is 12.1. The van der Waals surface area contributed by atoms with E-state index in [0.717, 1.165) is 12.1 Å². The summed E-state index contributed by atoms with van der Waals surface area (Å²) in [5.41, 5.74) is 2.41. The highest BCUT2D eigenvalue weighted by molar-refractivity contribution is 9.10. The molecular formula is C18H15BrN2O3S. The lowest BCUT2D eigenvalue weighted by Crippen LogP contribution is -2.19. The predicted molar refractivity (Wildman–Crippen MR) is 104 cm³/mol. The van der Waals surface area contributed by atoms with Crippen molar-refractivity contribution in [2.75, 3.05) is 0 Å². The summed E-state index contributed by atoms with van der Waals surface area (Å²) in [7, 11) is 0. The van der Waals surface area contributed by atoms with E-state index in [1.54, 1.807) is 12.1 Å². The number of nitrogens with one attached hydrogen (secondary N) is 1.